The van der Waals surface area contributed by atoms with Crippen molar-refractivity contribution in [1.29, 1.82) is 0 Å². The first-order valence-corrected chi connectivity index (χ1v) is 6.69. The fourth-order valence-electron chi connectivity index (χ4n) is 2.41. The van der Waals surface area contributed by atoms with Crippen molar-refractivity contribution >= 4 is 24.0 Å². The molecule has 1 heterocycles. The molecular weight excluding hydrogens is 294 g/mol. The molecule has 21 heavy (non-hydrogen) atoms. The van der Waals surface area contributed by atoms with Gasteiger partial charge in [-0.15, -0.1) is 12.4 Å². The average molecular weight is 314 g/mol. The second kappa shape index (κ2) is 6.87. The summed E-state index contributed by atoms with van der Waals surface area (Å²) in [6.07, 6.45) is 0. The van der Waals surface area contributed by atoms with E-state index in [-0.39, 0.29) is 36.1 Å². The van der Waals surface area contributed by atoms with E-state index in [4.69, 9.17) is 0 Å². The highest BCUT2D eigenvalue weighted by Crippen LogP contribution is 2.21. The molecule has 0 radical (unpaired) electrons. The number of aryl methyl sites for hydroxylation is 1. The Morgan fingerprint density at radius 2 is 2.10 bits per heavy atom. The minimum absolute atomic E-state index is 0. The number of hydrogen-bond donors (Lipinski definition) is 1. The van der Waals surface area contributed by atoms with Crippen LogP contribution in [0.2, 0.25) is 0 Å². The van der Waals surface area contributed by atoms with Crippen molar-refractivity contribution in [3.8, 4) is 0 Å². The lowest BCUT2D eigenvalue weighted by Crippen LogP contribution is -2.56. The molecule has 116 valence electrons. The van der Waals surface area contributed by atoms with Gasteiger partial charge < -0.3 is 10.2 Å². The van der Waals surface area contributed by atoms with Crippen molar-refractivity contribution in [2.75, 3.05) is 13.1 Å². The Hall–Kier alpha value is -1.66. The lowest BCUT2D eigenvalue weighted by atomic mass is 10.0. The Bertz CT molecular complexity index is 550. The van der Waals surface area contributed by atoms with E-state index in [0.29, 0.717) is 12.1 Å². The SMILES string of the molecule is Cc1ccc([N+](=O)[O-])cc1C(=O)N1CC(C)NCC1C.Cl. The summed E-state index contributed by atoms with van der Waals surface area (Å²) in [6, 6.07) is 4.74. The summed E-state index contributed by atoms with van der Waals surface area (Å²) in [4.78, 5) is 24.8. The summed E-state index contributed by atoms with van der Waals surface area (Å²) >= 11 is 0. The molecular formula is C14H20ClN3O3. The molecule has 0 saturated carbocycles. The smallest absolute Gasteiger partial charge is 0.270 e. The second-order valence-electron chi connectivity index (χ2n) is 5.37. The lowest BCUT2D eigenvalue weighted by molar-refractivity contribution is -0.384. The van der Waals surface area contributed by atoms with E-state index in [9.17, 15) is 14.9 Å². The Balaban J connectivity index is 0.00000220. The van der Waals surface area contributed by atoms with Crippen molar-refractivity contribution in [1.82, 2.24) is 10.2 Å². The molecule has 0 spiro atoms. The molecule has 1 N–H and O–H groups in total. The number of non-ortho nitro benzene ring substituents is 1. The maximum atomic E-state index is 12.6. The van der Waals surface area contributed by atoms with Crippen LogP contribution < -0.4 is 5.32 Å². The highest BCUT2D eigenvalue weighted by atomic mass is 35.5. The molecule has 6 nitrogen and oxygen atoms in total. The van der Waals surface area contributed by atoms with Crippen LogP contribution in [0.25, 0.3) is 0 Å². The minimum atomic E-state index is -0.472. The van der Waals surface area contributed by atoms with Gasteiger partial charge in [0.05, 0.1) is 4.92 Å². The van der Waals surface area contributed by atoms with E-state index >= 15 is 0 Å². The number of carbonyl (C=O) groups is 1. The highest BCUT2D eigenvalue weighted by Gasteiger charge is 2.28. The summed E-state index contributed by atoms with van der Waals surface area (Å²) in [5.41, 5.74) is 1.13. The molecule has 0 aliphatic carbocycles. The Morgan fingerprint density at radius 3 is 2.71 bits per heavy atom. The largest absolute Gasteiger partial charge is 0.333 e. The normalized spacial score (nSPS) is 21.6. The first-order chi connectivity index (χ1) is 9.40. The summed E-state index contributed by atoms with van der Waals surface area (Å²) in [5, 5.41) is 14.2. The summed E-state index contributed by atoms with van der Waals surface area (Å²) in [6.45, 7) is 7.15. The predicted octanol–water partition coefficient (Wildman–Crippen LogP) is 2.15. The Morgan fingerprint density at radius 1 is 1.43 bits per heavy atom. The maximum Gasteiger partial charge on any atom is 0.270 e. The zero-order valence-electron chi connectivity index (χ0n) is 12.3. The number of nitrogens with one attached hydrogen (secondary N) is 1. The molecule has 2 atom stereocenters. The summed E-state index contributed by atoms with van der Waals surface area (Å²) in [5.74, 6) is -0.132. The number of rotatable bonds is 2. The number of benzene rings is 1. The summed E-state index contributed by atoms with van der Waals surface area (Å²) < 4.78 is 0. The first kappa shape index (κ1) is 17.4. The van der Waals surface area contributed by atoms with Crippen LogP contribution in [0.5, 0.6) is 0 Å². The van der Waals surface area contributed by atoms with Crippen LogP contribution in [0.4, 0.5) is 5.69 Å². The zero-order valence-corrected chi connectivity index (χ0v) is 13.1. The van der Waals surface area contributed by atoms with Gasteiger partial charge in [0.25, 0.3) is 11.6 Å². The van der Waals surface area contributed by atoms with Crippen LogP contribution in [0.3, 0.4) is 0 Å². The van der Waals surface area contributed by atoms with E-state index in [1.807, 2.05) is 13.8 Å². The van der Waals surface area contributed by atoms with E-state index in [0.717, 1.165) is 12.1 Å². The van der Waals surface area contributed by atoms with Gasteiger partial charge >= 0.3 is 0 Å². The topological polar surface area (TPSA) is 75.5 Å². The third-order valence-electron chi connectivity index (χ3n) is 3.69. The maximum absolute atomic E-state index is 12.6. The third kappa shape index (κ3) is 3.71. The molecule has 1 aliphatic rings. The predicted molar refractivity (Wildman–Crippen MR) is 83.0 cm³/mol. The number of piperazine rings is 1. The van der Waals surface area contributed by atoms with Gasteiger partial charge in [-0.1, -0.05) is 6.07 Å². The van der Waals surface area contributed by atoms with Gasteiger partial charge in [-0.2, -0.15) is 0 Å². The average Bonchev–Trinajstić information content (AvgIpc) is 2.41. The quantitative estimate of drug-likeness (QED) is 0.670. The molecule has 1 fully saturated rings. The van der Waals surface area contributed by atoms with Gasteiger partial charge in [-0.05, 0) is 26.3 Å². The van der Waals surface area contributed by atoms with Gasteiger partial charge in [0, 0.05) is 42.9 Å². The molecule has 0 bridgehead atoms. The molecule has 1 aromatic rings. The number of nitro groups is 1. The van der Waals surface area contributed by atoms with Crippen molar-refractivity contribution in [2.24, 2.45) is 0 Å². The van der Waals surface area contributed by atoms with Gasteiger partial charge in [0.1, 0.15) is 0 Å². The van der Waals surface area contributed by atoms with Crippen molar-refractivity contribution in [3.05, 3.63) is 39.4 Å². The van der Waals surface area contributed by atoms with E-state index < -0.39 is 4.92 Å². The molecule has 2 unspecified atom stereocenters. The van der Waals surface area contributed by atoms with E-state index in [1.54, 1.807) is 17.9 Å². The van der Waals surface area contributed by atoms with Gasteiger partial charge in [0.15, 0.2) is 0 Å². The number of halogens is 1. The Kier molecular flexibility index (Phi) is 5.69. The second-order valence-corrected chi connectivity index (χ2v) is 5.37. The minimum Gasteiger partial charge on any atom is -0.333 e. The number of hydrogen-bond acceptors (Lipinski definition) is 4. The standard InChI is InChI=1S/C14H19N3O3.ClH/c1-9-4-5-12(17(19)20)6-13(9)14(18)16-8-10(2)15-7-11(16)3;/h4-6,10-11,15H,7-8H2,1-3H3;1H. The molecule has 1 aliphatic heterocycles. The zero-order chi connectivity index (χ0) is 14.9. The van der Waals surface area contributed by atoms with Crippen LogP contribution in [0.1, 0.15) is 29.8 Å². The van der Waals surface area contributed by atoms with Crippen LogP contribution in [0.15, 0.2) is 18.2 Å². The summed E-state index contributed by atoms with van der Waals surface area (Å²) in [7, 11) is 0. The molecule has 1 aromatic carbocycles. The highest BCUT2D eigenvalue weighted by molar-refractivity contribution is 5.96. The van der Waals surface area contributed by atoms with Crippen molar-refractivity contribution in [2.45, 2.75) is 32.9 Å². The number of carbonyl (C=O) groups excluding carboxylic acids is 1. The third-order valence-corrected chi connectivity index (χ3v) is 3.69. The van der Waals surface area contributed by atoms with Crippen LogP contribution in [-0.2, 0) is 0 Å². The van der Waals surface area contributed by atoms with Crippen LogP contribution >= 0.6 is 12.4 Å². The number of amides is 1. The van der Waals surface area contributed by atoms with Gasteiger partial charge in [-0.25, -0.2) is 0 Å². The van der Waals surface area contributed by atoms with Crippen molar-refractivity contribution < 1.29 is 9.72 Å². The fraction of sp³-hybridized carbons (Fsp3) is 0.500. The van der Waals surface area contributed by atoms with Crippen LogP contribution in [0, 0.1) is 17.0 Å². The number of nitrogens with zero attached hydrogens (tertiary/aromatic N) is 2. The molecule has 1 amide bonds. The fourth-order valence-corrected chi connectivity index (χ4v) is 2.41. The van der Waals surface area contributed by atoms with E-state index in [2.05, 4.69) is 5.32 Å². The molecule has 2 rings (SSSR count). The Labute approximate surface area is 130 Å². The lowest BCUT2D eigenvalue weighted by Gasteiger charge is -2.37. The monoisotopic (exact) mass is 313 g/mol. The van der Waals surface area contributed by atoms with Gasteiger partial charge in [-0.3, -0.25) is 14.9 Å². The van der Waals surface area contributed by atoms with Crippen LogP contribution in [-0.4, -0.2) is 40.9 Å². The van der Waals surface area contributed by atoms with Gasteiger partial charge in [0.2, 0.25) is 0 Å². The molecule has 1 saturated heterocycles. The molecule has 0 aromatic heterocycles. The van der Waals surface area contributed by atoms with Crippen molar-refractivity contribution in [3.63, 3.8) is 0 Å². The molecule has 7 heteroatoms. The number of nitro benzene ring substituents is 1. The van der Waals surface area contributed by atoms with E-state index in [1.165, 1.54) is 12.1 Å². The first-order valence-electron chi connectivity index (χ1n) is 6.69.